The van der Waals surface area contributed by atoms with Gasteiger partial charge in [-0.3, -0.25) is 4.79 Å². The number of thioether (sulfide) groups is 1. The van der Waals surface area contributed by atoms with Gasteiger partial charge in [-0.25, -0.2) is 4.79 Å². The van der Waals surface area contributed by atoms with Crippen LogP contribution in [0.3, 0.4) is 0 Å². The average molecular weight is 247 g/mol. The maximum Gasteiger partial charge on any atom is 0.329 e. The lowest BCUT2D eigenvalue weighted by molar-refractivity contribution is -0.154. The molecule has 0 bridgehead atoms. The van der Waals surface area contributed by atoms with E-state index in [-0.39, 0.29) is 10.7 Å². The van der Waals surface area contributed by atoms with Gasteiger partial charge >= 0.3 is 5.97 Å². The van der Waals surface area contributed by atoms with Gasteiger partial charge in [0.1, 0.15) is 5.54 Å². The Hall–Kier alpha value is -0.710. The third-order valence-corrected chi connectivity index (χ3v) is 3.62. The molecule has 0 saturated heterocycles. The van der Waals surface area contributed by atoms with E-state index in [1.807, 2.05) is 20.8 Å². The van der Waals surface area contributed by atoms with Gasteiger partial charge in [0.25, 0.3) is 0 Å². The van der Waals surface area contributed by atoms with E-state index in [1.54, 1.807) is 0 Å². The summed E-state index contributed by atoms with van der Waals surface area (Å²) in [5.41, 5.74) is -1.16. The van der Waals surface area contributed by atoms with Crippen LogP contribution < -0.4 is 0 Å². The predicted octanol–water partition coefficient (Wildman–Crippen LogP) is 1.84. The van der Waals surface area contributed by atoms with E-state index in [0.717, 1.165) is 0 Å². The number of hydrogen-bond acceptors (Lipinski definition) is 3. The quantitative estimate of drug-likeness (QED) is 0.823. The third kappa shape index (κ3) is 4.43. The van der Waals surface area contributed by atoms with Crippen molar-refractivity contribution in [3.05, 3.63) is 0 Å². The van der Waals surface area contributed by atoms with E-state index in [9.17, 15) is 9.59 Å². The van der Waals surface area contributed by atoms with Crippen LogP contribution in [0.2, 0.25) is 0 Å². The van der Waals surface area contributed by atoms with Gasteiger partial charge in [-0.1, -0.05) is 20.8 Å². The monoisotopic (exact) mass is 247 g/mol. The van der Waals surface area contributed by atoms with Crippen molar-refractivity contribution in [2.75, 3.05) is 12.8 Å². The van der Waals surface area contributed by atoms with Crippen molar-refractivity contribution in [2.24, 2.45) is 0 Å². The fraction of sp³-hybridized carbons (Fsp3) is 0.818. The number of aliphatic carboxylic acids is 1. The van der Waals surface area contributed by atoms with Crippen LogP contribution in [0.4, 0.5) is 0 Å². The Morgan fingerprint density at radius 1 is 1.19 bits per heavy atom. The lowest BCUT2D eigenvalue weighted by atomic mass is 10.0. The summed E-state index contributed by atoms with van der Waals surface area (Å²) in [6, 6.07) is 0. The molecule has 0 aliphatic carbocycles. The minimum Gasteiger partial charge on any atom is -0.480 e. The van der Waals surface area contributed by atoms with Crippen LogP contribution in [0.5, 0.6) is 0 Å². The van der Waals surface area contributed by atoms with Gasteiger partial charge in [-0.15, -0.1) is 11.8 Å². The van der Waals surface area contributed by atoms with Crippen molar-refractivity contribution < 1.29 is 14.7 Å². The molecule has 0 aromatic carbocycles. The Bertz CT molecular complexity index is 281. The van der Waals surface area contributed by atoms with Crippen molar-refractivity contribution in [3.8, 4) is 0 Å². The molecule has 0 radical (unpaired) electrons. The van der Waals surface area contributed by atoms with Gasteiger partial charge in [0, 0.05) is 11.8 Å². The zero-order valence-electron chi connectivity index (χ0n) is 10.8. The Morgan fingerprint density at radius 2 is 1.62 bits per heavy atom. The number of hydrogen-bond donors (Lipinski definition) is 1. The second-order valence-electron chi connectivity index (χ2n) is 5.22. The molecule has 0 rings (SSSR count). The molecule has 5 heteroatoms. The highest BCUT2D eigenvalue weighted by Gasteiger charge is 2.35. The Labute approximate surface area is 101 Å². The molecule has 1 N–H and O–H groups in total. The molecule has 0 aromatic rings. The smallest absolute Gasteiger partial charge is 0.329 e. The number of rotatable bonds is 4. The van der Waals surface area contributed by atoms with Crippen LogP contribution in [0.25, 0.3) is 0 Å². The minimum absolute atomic E-state index is 0.00384. The maximum atomic E-state index is 11.8. The molecule has 0 aromatic heterocycles. The zero-order chi connectivity index (χ0) is 13.1. The molecule has 0 saturated carbocycles. The van der Waals surface area contributed by atoms with Crippen molar-refractivity contribution in [1.82, 2.24) is 4.90 Å². The van der Waals surface area contributed by atoms with E-state index in [1.165, 1.54) is 37.6 Å². The Balaban J connectivity index is 4.46. The minimum atomic E-state index is -1.16. The topological polar surface area (TPSA) is 57.6 Å². The van der Waals surface area contributed by atoms with E-state index < -0.39 is 11.5 Å². The van der Waals surface area contributed by atoms with E-state index in [0.29, 0.717) is 5.75 Å². The molecule has 94 valence electrons. The lowest BCUT2D eigenvalue weighted by Gasteiger charge is -2.32. The number of nitrogens with zero attached hydrogens (tertiary/aromatic N) is 1. The number of carboxylic acids is 1. The molecule has 0 aliphatic heterocycles. The summed E-state index contributed by atoms with van der Waals surface area (Å²) in [6.07, 6.45) is 0. The first-order chi connectivity index (χ1) is 6.98. The molecule has 1 amide bonds. The Morgan fingerprint density at radius 3 is 1.94 bits per heavy atom. The molecule has 0 fully saturated rings. The first kappa shape index (κ1) is 15.3. The highest BCUT2D eigenvalue weighted by molar-refractivity contribution is 8.01. The summed E-state index contributed by atoms with van der Waals surface area (Å²) >= 11 is 1.51. The second kappa shape index (κ2) is 5.08. The van der Waals surface area contributed by atoms with Gasteiger partial charge in [-0.05, 0) is 13.8 Å². The van der Waals surface area contributed by atoms with Crippen molar-refractivity contribution >= 4 is 23.6 Å². The van der Waals surface area contributed by atoms with Gasteiger partial charge in [0.15, 0.2) is 0 Å². The van der Waals surface area contributed by atoms with Gasteiger partial charge in [-0.2, -0.15) is 0 Å². The number of likely N-dealkylation sites (N-methyl/N-ethyl adjacent to an activating group) is 1. The van der Waals surface area contributed by atoms with Crippen LogP contribution in [-0.4, -0.2) is 45.0 Å². The lowest BCUT2D eigenvalue weighted by Crippen LogP contribution is -2.51. The normalized spacial score (nSPS) is 12.4. The van der Waals surface area contributed by atoms with E-state index in [2.05, 4.69) is 0 Å². The molecule has 0 atom stereocenters. The van der Waals surface area contributed by atoms with Crippen LogP contribution in [0.1, 0.15) is 34.6 Å². The number of carboxylic acid groups (broad SMARTS) is 1. The standard InChI is InChI=1S/C11H21NO3S/c1-10(2,3)16-7-8(13)12(6)11(4,5)9(14)15/h7H2,1-6H3,(H,14,15). The van der Waals surface area contributed by atoms with Gasteiger partial charge < -0.3 is 10.0 Å². The van der Waals surface area contributed by atoms with E-state index in [4.69, 9.17) is 5.11 Å². The molecule has 16 heavy (non-hydrogen) atoms. The molecular formula is C11H21NO3S. The predicted molar refractivity (Wildman–Crippen MR) is 66.7 cm³/mol. The van der Waals surface area contributed by atoms with Gasteiger partial charge in [0.05, 0.1) is 5.75 Å². The first-order valence-electron chi connectivity index (χ1n) is 5.12. The SMILES string of the molecule is CN(C(=O)CSC(C)(C)C)C(C)(C)C(=O)O. The van der Waals surface area contributed by atoms with Gasteiger partial charge in [0.2, 0.25) is 5.91 Å². The highest BCUT2D eigenvalue weighted by atomic mass is 32.2. The molecule has 0 heterocycles. The zero-order valence-corrected chi connectivity index (χ0v) is 11.6. The summed E-state index contributed by atoms with van der Waals surface area (Å²) in [5, 5.41) is 8.99. The Kier molecular flexibility index (Phi) is 4.85. The fourth-order valence-corrected chi connectivity index (χ4v) is 1.58. The van der Waals surface area contributed by atoms with Crippen LogP contribution in [0.15, 0.2) is 0 Å². The average Bonchev–Trinajstić information content (AvgIpc) is 2.11. The largest absolute Gasteiger partial charge is 0.480 e. The van der Waals surface area contributed by atoms with E-state index >= 15 is 0 Å². The summed E-state index contributed by atoms with van der Waals surface area (Å²) in [5.74, 6) is -0.854. The third-order valence-electron chi connectivity index (χ3n) is 2.36. The van der Waals surface area contributed by atoms with Crippen molar-refractivity contribution in [2.45, 2.75) is 44.9 Å². The first-order valence-corrected chi connectivity index (χ1v) is 6.11. The summed E-state index contributed by atoms with van der Waals surface area (Å²) in [7, 11) is 1.53. The maximum absolute atomic E-state index is 11.8. The number of carbonyl (C=O) groups excluding carboxylic acids is 1. The summed E-state index contributed by atoms with van der Waals surface area (Å²) in [6.45, 7) is 9.11. The van der Waals surface area contributed by atoms with Crippen molar-refractivity contribution in [3.63, 3.8) is 0 Å². The highest BCUT2D eigenvalue weighted by Crippen LogP contribution is 2.24. The molecule has 0 spiro atoms. The molecular weight excluding hydrogens is 226 g/mol. The molecule has 4 nitrogen and oxygen atoms in total. The molecule has 0 aliphatic rings. The number of amides is 1. The van der Waals surface area contributed by atoms with Crippen LogP contribution >= 0.6 is 11.8 Å². The van der Waals surface area contributed by atoms with Crippen molar-refractivity contribution in [1.29, 1.82) is 0 Å². The summed E-state index contributed by atoms with van der Waals surface area (Å²) in [4.78, 5) is 24.0. The van der Waals surface area contributed by atoms with Crippen LogP contribution in [-0.2, 0) is 9.59 Å². The van der Waals surface area contributed by atoms with Crippen LogP contribution in [0, 0.1) is 0 Å². The fourth-order valence-electron chi connectivity index (χ4n) is 0.830. The summed E-state index contributed by atoms with van der Waals surface area (Å²) < 4.78 is 0.00384. The second-order valence-corrected chi connectivity index (χ2v) is 7.02. The molecule has 0 unspecified atom stereocenters. The number of carbonyl (C=O) groups is 2.